The van der Waals surface area contributed by atoms with Crippen LogP contribution in [0.5, 0.6) is 5.75 Å². The van der Waals surface area contributed by atoms with Gasteiger partial charge in [0.1, 0.15) is 11.6 Å². The van der Waals surface area contributed by atoms with Crippen LogP contribution in [0, 0.1) is 12.7 Å². The van der Waals surface area contributed by atoms with E-state index in [0.29, 0.717) is 17.9 Å². The zero-order chi connectivity index (χ0) is 13.1. The van der Waals surface area contributed by atoms with Crippen molar-refractivity contribution >= 4 is 11.3 Å². The van der Waals surface area contributed by atoms with Gasteiger partial charge in [0, 0.05) is 10.4 Å². The Bertz CT molecular complexity index is 554. The van der Waals surface area contributed by atoms with E-state index >= 15 is 0 Å². The number of nitrogens with two attached hydrogens (primary N) is 1. The van der Waals surface area contributed by atoms with Gasteiger partial charge >= 0.3 is 0 Å². The van der Waals surface area contributed by atoms with Crippen molar-refractivity contribution in [1.29, 1.82) is 0 Å². The van der Waals surface area contributed by atoms with E-state index in [1.165, 1.54) is 12.1 Å². The Morgan fingerprint density at radius 1 is 1.44 bits per heavy atom. The van der Waals surface area contributed by atoms with Gasteiger partial charge in [0.15, 0.2) is 0 Å². The average Bonchev–Trinajstić information content (AvgIpc) is 2.71. The maximum atomic E-state index is 13.4. The Morgan fingerprint density at radius 2 is 2.22 bits per heavy atom. The molecule has 2 N–H and O–H groups in total. The molecule has 18 heavy (non-hydrogen) atoms. The van der Waals surface area contributed by atoms with Crippen molar-refractivity contribution in [3.8, 4) is 17.0 Å². The first kappa shape index (κ1) is 13.0. The van der Waals surface area contributed by atoms with Gasteiger partial charge < -0.3 is 10.5 Å². The number of thiazole rings is 1. The Balaban J connectivity index is 2.56. The summed E-state index contributed by atoms with van der Waals surface area (Å²) in [4.78, 5) is 5.53. The topological polar surface area (TPSA) is 48.1 Å². The molecule has 1 aromatic carbocycles. The standard InChI is InChI=1S/C13H15FN2OS/c1-8-16-13(12(18-8)5-6-15)10-7-9(14)3-4-11(10)17-2/h3-4,7H,5-6,15H2,1-2H3. The Kier molecular flexibility index (Phi) is 3.93. The number of nitrogens with zero attached hydrogens (tertiary/aromatic N) is 1. The van der Waals surface area contributed by atoms with E-state index in [1.807, 2.05) is 6.92 Å². The van der Waals surface area contributed by atoms with E-state index in [9.17, 15) is 4.39 Å². The lowest BCUT2D eigenvalue weighted by atomic mass is 10.1. The fraction of sp³-hybridized carbons (Fsp3) is 0.308. The summed E-state index contributed by atoms with van der Waals surface area (Å²) in [6.07, 6.45) is 0.737. The molecule has 0 aliphatic carbocycles. The number of hydrogen-bond donors (Lipinski definition) is 1. The predicted octanol–water partition coefficient (Wildman–Crippen LogP) is 2.77. The zero-order valence-electron chi connectivity index (χ0n) is 10.4. The number of halogens is 1. The number of methoxy groups -OCH3 is 1. The van der Waals surface area contributed by atoms with Crippen LogP contribution < -0.4 is 10.5 Å². The molecule has 1 aromatic heterocycles. The van der Waals surface area contributed by atoms with Crippen LogP contribution in [0.4, 0.5) is 4.39 Å². The molecule has 2 rings (SSSR count). The molecule has 0 fully saturated rings. The van der Waals surface area contributed by atoms with Gasteiger partial charge in [0.2, 0.25) is 0 Å². The normalized spacial score (nSPS) is 10.7. The van der Waals surface area contributed by atoms with Crippen LogP contribution in [0.2, 0.25) is 0 Å². The van der Waals surface area contributed by atoms with Crippen molar-refractivity contribution in [2.24, 2.45) is 5.73 Å². The predicted molar refractivity (Wildman–Crippen MR) is 71.6 cm³/mol. The minimum Gasteiger partial charge on any atom is -0.496 e. The van der Waals surface area contributed by atoms with Crippen molar-refractivity contribution in [2.75, 3.05) is 13.7 Å². The molecule has 0 saturated heterocycles. The molecule has 0 aliphatic heterocycles. The minimum atomic E-state index is -0.296. The zero-order valence-corrected chi connectivity index (χ0v) is 11.2. The van der Waals surface area contributed by atoms with Crippen LogP contribution in [-0.4, -0.2) is 18.6 Å². The first-order chi connectivity index (χ1) is 8.65. The van der Waals surface area contributed by atoms with E-state index in [1.54, 1.807) is 24.5 Å². The largest absolute Gasteiger partial charge is 0.496 e. The molecule has 3 nitrogen and oxygen atoms in total. The molecule has 0 aliphatic rings. The number of aryl methyl sites for hydroxylation is 1. The van der Waals surface area contributed by atoms with Crippen LogP contribution >= 0.6 is 11.3 Å². The van der Waals surface area contributed by atoms with Gasteiger partial charge in [0.05, 0.1) is 17.8 Å². The maximum Gasteiger partial charge on any atom is 0.128 e. The second kappa shape index (κ2) is 5.46. The molecule has 0 bridgehead atoms. The number of benzene rings is 1. The summed E-state index contributed by atoms with van der Waals surface area (Å²) in [5.41, 5.74) is 7.05. The molecule has 1 heterocycles. The van der Waals surface area contributed by atoms with E-state index in [2.05, 4.69) is 4.98 Å². The molecule has 0 radical (unpaired) electrons. The second-order valence-electron chi connectivity index (χ2n) is 3.89. The van der Waals surface area contributed by atoms with Crippen LogP contribution in [0.1, 0.15) is 9.88 Å². The lowest BCUT2D eigenvalue weighted by molar-refractivity contribution is 0.415. The second-order valence-corrected chi connectivity index (χ2v) is 5.18. The van der Waals surface area contributed by atoms with Crippen LogP contribution in [-0.2, 0) is 6.42 Å². The molecular weight excluding hydrogens is 251 g/mol. The summed E-state index contributed by atoms with van der Waals surface area (Å²) in [5, 5.41) is 0.944. The minimum absolute atomic E-state index is 0.296. The lowest BCUT2D eigenvalue weighted by Gasteiger charge is -2.08. The Hall–Kier alpha value is -1.46. The molecule has 2 aromatic rings. The van der Waals surface area contributed by atoms with Gasteiger partial charge in [0.25, 0.3) is 0 Å². The summed E-state index contributed by atoms with van der Waals surface area (Å²) in [7, 11) is 1.57. The molecular formula is C13H15FN2OS. The van der Waals surface area contributed by atoms with Gasteiger partial charge in [-0.1, -0.05) is 0 Å². The smallest absolute Gasteiger partial charge is 0.128 e. The summed E-state index contributed by atoms with van der Waals surface area (Å²) in [5.74, 6) is 0.329. The van der Waals surface area contributed by atoms with Crippen molar-refractivity contribution < 1.29 is 9.13 Å². The molecule has 96 valence electrons. The van der Waals surface area contributed by atoms with E-state index in [0.717, 1.165) is 22.0 Å². The SMILES string of the molecule is COc1ccc(F)cc1-c1nc(C)sc1CCN. The highest BCUT2D eigenvalue weighted by Crippen LogP contribution is 2.35. The first-order valence-electron chi connectivity index (χ1n) is 5.66. The average molecular weight is 266 g/mol. The summed E-state index contributed by atoms with van der Waals surface area (Å²) < 4.78 is 18.7. The lowest BCUT2D eigenvalue weighted by Crippen LogP contribution is -2.02. The number of aromatic nitrogens is 1. The molecule has 5 heteroatoms. The summed E-state index contributed by atoms with van der Waals surface area (Å²) in [6, 6.07) is 4.45. The quantitative estimate of drug-likeness (QED) is 0.925. The fourth-order valence-corrected chi connectivity index (χ4v) is 2.81. The summed E-state index contributed by atoms with van der Waals surface area (Å²) in [6.45, 7) is 2.48. The van der Waals surface area contributed by atoms with Crippen molar-refractivity contribution in [2.45, 2.75) is 13.3 Å². The van der Waals surface area contributed by atoms with Crippen LogP contribution in [0.3, 0.4) is 0 Å². The third-order valence-corrected chi connectivity index (χ3v) is 3.62. The monoisotopic (exact) mass is 266 g/mol. The van der Waals surface area contributed by atoms with Gasteiger partial charge in [-0.15, -0.1) is 11.3 Å². The van der Waals surface area contributed by atoms with E-state index in [-0.39, 0.29) is 5.82 Å². The molecule has 0 atom stereocenters. The van der Waals surface area contributed by atoms with Crippen LogP contribution in [0.15, 0.2) is 18.2 Å². The number of hydrogen-bond acceptors (Lipinski definition) is 4. The van der Waals surface area contributed by atoms with E-state index < -0.39 is 0 Å². The first-order valence-corrected chi connectivity index (χ1v) is 6.47. The van der Waals surface area contributed by atoms with Crippen molar-refractivity contribution in [3.63, 3.8) is 0 Å². The number of rotatable bonds is 4. The molecule has 0 spiro atoms. The third-order valence-electron chi connectivity index (χ3n) is 2.59. The van der Waals surface area contributed by atoms with Crippen LogP contribution in [0.25, 0.3) is 11.3 Å². The molecule has 0 saturated carbocycles. The number of ether oxygens (including phenoxy) is 1. The Morgan fingerprint density at radius 3 is 2.89 bits per heavy atom. The fourth-order valence-electron chi connectivity index (χ4n) is 1.85. The van der Waals surface area contributed by atoms with Gasteiger partial charge in [-0.3, -0.25) is 0 Å². The van der Waals surface area contributed by atoms with Crippen molar-refractivity contribution in [3.05, 3.63) is 33.9 Å². The van der Waals surface area contributed by atoms with Crippen molar-refractivity contribution in [1.82, 2.24) is 4.98 Å². The van der Waals surface area contributed by atoms with Gasteiger partial charge in [-0.05, 0) is 38.1 Å². The Labute approximate surface area is 109 Å². The maximum absolute atomic E-state index is 13.4. The van der Waals surface area contributed by atoms with Gasteiger partial charge in [-0.2, -0.15) is 0 Å². The van der Waals surface area contributed by atoms with E-state index in [4.69, 9.17) is 10.5 Å². The molecule has 0 amide bonds. The highest BCUT2D eigenvalue weighted by atomic mass is 32.1. The summed E-state index contributed by atoms with van der Waals surface area (Å²) >= 11 is 1.59. The molecule has 0 unspecified atom stereocenters. The highest BCUT2D eigenvalue weighted by Gasteiger charge is 2.15. The van der Waals surface area contributed by atoms with Gasteiger partial charge in [-0.25, -0.2) is 9.37 Å². The highest BCUT2D eigenvalue weighted by molar-refractivity contribution is 7.12. The third kappa shape index (κ3) is 2.52.